The third-order valence-electron chi connectivity index (χ3n) is 8.68. The molecule has 3 amide bonds. The Morgan fingerprint density at radius 2 is 1.80 bits per heavy atom. The van der Waals surface area contributed by atoms with Crippen molar-refractivity contribution >= 4 is 40.1 Å². The number of hydrogen-bond donors (Lipinski definition) is 3. The van der Waals surface area contributed by atoms with Crippen LogP contribution in [0.15, 0.2) is 42.7 Å². The number of amides is 3. The number of aromatic amines is 1. The number of rotatable bonds is 5. The van der Waals surface area contributed by atoms with Crippen molar-refractivity contribution in [2.45, 2.75) is 76.3 Å². The number of fused-ring (bicyclic) bond motifs is 3. The molecule has 4 N–H and O–H groups in total. The average Bonchev–Trinajstić information content (AvgIpc) is 3.44. The summed E-state index contributed by atoms with van der Waals surface area (Å²) in [6, 6.07) is 6.72. The second-order valence-electron chi connectivity index (χ2n) is 11.6. The molecular formula is C31H35FN6O3. The van der Waals surface area contributed by atoms with E-state index in [4.69, 9.17) is 5.73 Å². The van der Waals surface area contributed by atoms with Gasteiger partial charge in [0.15, 0.2) is 0 Å². The molecule has 2 atom stereocenters. The third kappa shape index (κ3) is 5.87. The van der Waals surface area contributed by atoms with Gasteiger partial charge in [-0.05, 0) is 80.7 Å². The van der Waals surface area contributed by atoms with Gasteiger partial charge in [0.05, 0.1) is 6.04 Å². The maximum Gasteiger partial charge on any atom is 0.254 e. The summed E-state index contributed by atoms with van der Waals surface area (Å²) in [5.41, 5.74) is 8.31. The van der Waals surface area contributed by atoms with Gasteiger partial charge in [-0.2, -0.15) is 4.39 Å². The molecule has 41 heavy (non-hydrogen) atoms. The fraction of sp³-hybridized carbons (Fsp3) is 0.452. The Morgan fingerprint density at radius 1 is 1.00 bits per heavy atom. The quantitative estimate of drug-likeness (QED) is 0.381. The van der Waals surface area contributed by atoms with E-state index in [2.05, 4.69) is 26.3 Å². The molecule has 0 radical (unpaired) electrons. The van der Waals surface area contributed by atoms with E-state index in [0.717, 1.165) is 67.1 Å². The summed E-state index contributed by atoms with van der Waals surface area (Å²) >= 11 is 0. The molecule has 3 fully saturated rings. The zero-order valence-corrected chi connectivity index (χ0v) is 22.9. The number of aromatic nitrogens is 3. The fourth-order valence-corrected chi connectivity index (χ4v) is 6.38. The van der Waals surface area contributed by atoms with Gasteiger partial charge in [0.2, 0.25) is 17.8 Å². The first-order valence-electron chi connectivity index (χ1n) is 14.6. The lowest BCUT2D eigenvalue weighted by Gasteiger charge is -2.45. The molecular weight excluding hydrogens is 523 g/mol. The SMILES string of the molecule is NC(=O)C1CCCC1.O=C(Nc1cc(C2=CC3CCCC(C2)N3C(=O)c2ccnc(F)c2)c2cc[nH]c2n1)C1CC1. The Balaban J connectivity index is 0.000000328. The van der Waals surface area contributed by atoms with Gasteiger partial charge in [-0.3, -0.25) is 14.4 Å². The number of halogens is 1. The summed E-state index contributed by atoms with van der Waals surface area (Å²) in [5, 5.41) is 3.97. The Labute approximate surface area is 237 Å². The smallest absolute Gasteiger partial charge is 0.254 e. The van der Waals surface area contributed by atoms with Crippen LogP contribution < -0.4 is 11.1 Å². The molecule has 9 nitrogen and oxygen atoms in total. The zero-order chi connectivity index (χ0) is 28.5. The van der Waals surface area contributed by atoms with Crippen molar-refractivity contribution in [3.63, 3.8) is 0 Å². The summed E-state index contributed by atoms with van der Waals surface area (Å²) in [5.74, 6) is -0.0336. The summed E-state index contributed by atoms with van der Waals surface area (Å²) in [4.78, 5) is 49.2. The maximum atomic E-state index is 13.6. The van der Waals surface area contributed by atoms with E-state index in [1.807, 2.05) is 23.2 Å². The number of piperidine rings is 1. The molecule has 5 heterocycles. The monoisotopic (exact) mass is 558 g/mol. The molecule has 0 aromatic carbocycles. The van der Waals surface area contributed by atoms with Crippen molar-refractivity contribution in [1.29, 1.82) is 0 Å². The second-order valence-corrected chi connectivity index (χ2v) is 11.6. The van der Waals surface area contributed by atoms with Crippen LogP contribution in [-0.4, -0.2) is 49.7 Å². The van der Waals surface area contributed by atoms with Gasteiger partial charge in [0.1, 0.15) is 11.5 Å². The first-order chi connectivity index (χ1) is 19.9. The number of anilines is 1. The first kappa shape index (κ1) is 27.1. The number of hydrogen-bond acceptors (Lipinski definition) is 5. The maximum absolute atomic E-state index is 13.6. The zero-order valence-electron chi connectivity index (χ0n) is 22.9. The Hall–Kier alpha value is -4.08. The summed E-state index contributed by atoms with van der Waals surface area (Å²) < 4.78 is 13.6. The molecule has 3 aromatic rings. The fourth-order valence-electron chi connectivity index (χ4n) is 6.38. The lowest BCUT2D eigenvalue weighted by atomic mass is 9.82. The van der Waals surface area contributed by atoms with E-state index >= 15 is 0 Å². The van der Waals surface area contributed by atoms with Gasteiger partial charge < -0.3 is 20.9 Å². The molecule has 3 aromatic heterocycles. The highest BCUT2D eigenvalue weighted by atomic mass is 19.1. The number of H-pyrrole nitrogens is 1. The highest BCUT2D eigenvalue weighted by Crippen LogP contribution is 2.40. The molecule has 2 saturated carbocycles. The van der Waals surface area contributed by atoms with Gasteiger partial charge in [0.25, 0.3) is 5.91 Å². The van der Waals surface area contributed by atoms with Gasteiger partial charge in [-0.25, -0.2) is 9.97 Å². The van der Waals surface area contributed by atoms with E-state index in [1.165, 1.54) is 25.1 Å². The van der Waals surface area contributed by atoms with Crippen molar-refractivity contribution in [3.05, 3.63) is 59.8 Å². The lowest BCUT2D eigenvalue weighted by Crippen LogP contribution is -2.51. The van der Waals surface area contributed by atoms with Crippen molar-refractivity contribution in [3.8, 4) is 0 Å². The molecule has 7 rings (SSSR count). The Kier molecular flexibility index (Phi) is 7.55. The van der Waals surface area contributed by atoms with Gasteiger partial charge in [-0.1, -0.05) is 18.9 Å². The van der Waals surface area contributed by atoms with Gasteiger partial charge in [0, 0.05) is 47.3 Å². The average molecular weight is 559 g/mol. The number of pyridine rings is 2. The number of nitrogens with two attached hydrogens (primary N) is 1. The topological polar surface area (TPSA) is 134 Å². The summed E-state index contributed by atoms with van der Waals surface area (Å²) in [6.45, 7) is 0. The highest BCUT2D eigenvalue weighted by molar-refractivity contribution is 5.98. The molecule has 214 valence electrons. The van der Waals surface area contributed by atoms with Crippen molar-refractivity contribution in [2.24, 2.45) is 17.6 Å². The predicted octanol–water partition coefficient (Wildman–Crippen LogP) is 4.96. The molecule has 2 bridgehead atoms. The van der Waals surface area contributed by atoms with Crippen LogP contribution >= 0.6 is 0 Å². The van der Waals surface area contributed by atoms with Crippen molar-refractivity contribution in [2.75, 3.05) is 5.32 Å². The molecule has 2 unspecified atom stereocenters. The number of primary amides is 1. The number of nitrogens with one attached hydrogen (secondary N) is 2. The molecule has 2 aliphatic carbocycles. The van der Waals surface area contributed by atoms with Crippen LogP contribution in [0.25, 0.3) is 16.6 Å². The lowest BCUT2D eigenvalue weighted by molar-refractivity contribution is -0.121. The largest absolute Gasteiger partial charge is 0.369 e. The van der Waals surface area contributed by atoms with Crippen LogP contribution in [0.2, 0.25) is 0 Å². The normalized spacial score (nSPS) is 22.1. The van der Waals surface area contributed by atoms with E-state index < -0.39 is 5.95 Å². The molecule has 4 aliphatic rings. The minimum atomic E-state index is -0.647. The Morgan fingerprint density at radius 3 is 2.49 bits per heavy atom. The molecule has 2 aliphatic heterocycles. The minimum absolute atomic E-state index is 0.0233. The molecule has 1 saturated heterocycles. The molecule has 0 spiro atoms. The van der Waals surface area contributed by atoms with Crippen LogP contribution in [0, 0.1) is 17.8 Å². The van der Waals surface area contributed by atoms with E-state index in [1.54, 1.807) is 6.07 Å². The van der Waals surface area contributed by atoms with E-state index in [0.29, 0.717) is 17.8 Å². The molecule has 10 heteroatoms. The highest BCUT2D eigenvalue weighted by Gasteiger charge is 2.38. The first-order valence-corrected chi connectivity index (χ1v) is 14.6. The van der Waals surface area contributed by atoms with Crippen LogP contribution in [0.4, 0.5) is 10.2 Å². The third-order valence-corrected chi connectivity index (χ3v) is 8.68. The van der Waals surface area contributed by atoms with Crippen LogP contribution in [-0.2, 0) is 9.59 Å². The Bertz CT molecular complexity index is 1510. The van der Waals surface area contributed by atoms with Crippen LogP contribution in [0.1, 0.15) is 80.1 Å². The summed E-state index contributed by atoms with van der Waals surface area (Å²) in [6.07, 6.45) is 15.2. The number of carbonyl (C=O) groups excluding carboxylic acids is 3. The predicted molar refractivity (Wildman–Crippen MR) is 153 cm³/mol. The second kappa shape index (κ2) is 11.4. The van der Waals surface area contributed by atoms with Gasteiger partial charge in [-0.15, -0.1) is 0 Å². The van der Waals surface area contributed by atoms with Crippen molar-refractivity contribution in [1.82, 2.24) is 19.9 Å². The minimum Gasteiger partial charge on any atom is -0.369 e. The van der Waals surface area contributed by atoms with E-state index in [9.17, 15) is 18.8 Å². The number of nitrogens with zero attached hydrogens (tertiary/aromatic N) is 3. The van der Waals surface area contributed by atoms with Crippen molar-refractivity contribution < 1.29 is 18.8 Å². The van der Waals surface area contributed by atoms with E-state index in [-0.39, 0.29) is 41.6 Å². The standard InChI is InChI=1S/C25H24FN5O2.C6H11NO/c26-21-12-15(6-8-27-21)25(33)31-17-2-1-3-18(31)11-16(10-17)20-13-22(30-24(32)14-4-5-14)29-23-19(20)7-9-28-23;7-6(8)5-3-1-2-4-5/h6-10,12-14,17-18H,1-5,11H2,(H2,28,29,30,32);5H,1-4H2,(H2,7,8). The van der Waals surface area contributed by atoms with Crippen LogP contribution in [0.3, 0.4) is 0 Å². The van der Waals surface area contributed by atoms with Crippen LogP contribution in [0.5, 0.6) is 0 Å². The van der Waals surface area contributed by atoms with Gasteiger partial charge >= 0.3 is 0 Å². The summed E-state index contributed by atoms with van der Waals surface area (Å²) in [7, 11) is 0. The number of carbonyl (C=O) groups is 3.